The molecule has 1 aliphatic rings. The lowest BCUT2D eigenvalue weighted by Crippen LogP contribution is -2.30. The van der Waals surface area contributed by atoms with Crippen molar-refractivity contribution in [2.45, 2.75) is 45.3 Å². The van der Waals surface area contributed by atoms with Crippen LogP contribution in [0.4, 0.5) is 5.95 Å². The van der Waals surface area contributed by atoms with Crippen LogP contribution in [0.5, 0.6) is 0 Å². The highest BCUT2D eigenvalue weighted by Crippen LogP contribution is 2.27. The number of nitrogens with zero attached hydrogens (tertiary/aromatic N) is 2. The predicted octanol–water partition coefficient (Wildman–Crippen LogP) is 2.29. The van der Waals surface area contributed by atoms with Crippen molar-refractivity contribution in [3.8, 4) is 0 Å². The smallest absolute Gasteiger partial charge is 0.202 e. The maximum atomic E-state index is 5.83. The van der Waals surface area contributed by atoms with Gasteiger partial charge in [0.1, 0.15) is 0 Å². The van der Waals surface area contributed by atoms with E-state index in [1.807, 2.05) is 19.3 Å². The molecule has 1 unspecified atom stereocenters. The normalized spacial score (nSPS) is 22.8. The van der Waals surface area contributed by atoms with E-state index in [1.165, 1.54) is 0 Å². The molecule has 0 aliphatic carbocycles. The monoisotopic (exact) mass is 267 g/mol. The van der Waals surface area contributed by atoms with Gasteiger partial charge in [0.2, 0.25) is 5.95 Å². The number of rotatable bonds is 8. The summed E-state index contributed by atoms with van der Waals surface area (Å²) in [5.74, 6) is 0.924. The van der Waals surface area contributed by atoms with Gasteiger partial charge in [-0.1, -0.05) is 0 Å². The van der Waals surface area contributed by atoms with Gasteiger partial charge in [0.25, 0.3) is 0 Å². The molecule has 5 heteroatoms. The molecule has 1 atom stereocenters. The first-order valence-corrected chi connectivity index (χ1v) is 7.20. The number of anilines is 1. The van der Waals surface area contributed by atoms with Gasteiger partial charge in [0.05, 0.1) is 12.1 Å². The van der Waals surface area contributed by atoms with Gasteiger partial charge in [-0.25, -0.2) is 4.98 Å². The Bertz CT molecular complexity index is 373. The zero-order valence-corrected chi connectivity index (χ0v) is 12.0. The lowest BCUT2D eigenvalue weighted by atomic mass is 10.0. The molecule has 5 nitrogen and oxygen atoms in total. The van der Waals surface area contributed by atoms with Gasteiger partial charge in [-0.05, 0) is 33.1 Å². The van der Waals surface area contributed by atoms with Crippen molar-refractivity contribution in [3.05, 3.63) is 12.4 Å². The second kappa shape index (κ2) is 6.91. The number of hydrogen-bond acceptors (Lipinski definition) is 4. The van der Waals surface area contributed by atoms with Crippen LogP contribution in [-0.4, -0.2) is 41.5 Å². The molecule has 2 rings (SSSR count). The summed E-state index contributed by atoms with van der Waals surface area (Å²) < 4.78 is 13.3. The van der Waals surface area contributed by atoms with E-state index >= 15 is 0 Å². The van der Waals surface area contributed by atoms with Crippen molar-refractivity contribution in [3.63, 3.8) is 0 Å². The molecule has 0 bridgehead atoms. The summed E-state index contributed by atoms with van der Waals surface area (Å²) >= 11 is 0. The average molecular weight is 267 g/mol. The molecule has 19 heavy (non-hydrogen) atoms. The maximum Gasteiger partial charge on any atom is 0.202 e. The number of ether oxygens (including phenoxy) is 2. The van der Waals surface area contributed by atoms with Crippen LogP contribution >= 0.6 is 0 Å². The van der Waals surface area contributed by atoms with E-state index in [0.717, 1.165) is 58.1 Å². The molecule has 0 aromatic carbocycles. The minimum atomic E-state index is -0.0392. The van der Waals surface area contributed by atoms with E-state index in [2.05, 4.69) is 21.8 Å². The Labute approximate surface area is 115 Å². The summed E-state index contributed by atoms with van der Waals surface area (Å²) in [5.41, 5.74) is -0.0392. The van der Waals surface area contributed by atoms with Crippen molar-refractivity contribution in [1.29, 1.82) is 0 Å². The van der Waals surface area contributed by atoms with Gasteiger partial charge in [0.15, 0.2) is 0 Å². The molecule has 1 aliphatic heterocycles. The van der Waals surface area contributed by atoms with Gasteiger partial charge in [-0.2, -0.15) is 0 Å². The zero-order chi connectivity index (χ0) is 13.6. The molecule has 0 saturated carbocycles. The number of hydrogen-bond donors (Lipinski definition) is 1. The highest BCUT2D eigenvalue weighted by Gasteiger charge is 2.30. The molecule has 1 aromatic heterocycles. The topological polar surface area (TPSA) is 48.3 Å². The Morgan fingerprint density at radius 2 is 2.47 bits per heavy atom. The van der Waals surface area contributed by atoms with Crippen LogP contribution in [0.3, 0.4) is 0 Å². The Morgan fingerprint density at radius 1 is 1.58 bits per heavy atom. The van der Waals surface area contributed by atoms with Crippen LogP contribution in [0.1, 0.15) is 33.1 Å². The van der Waals surface area contributed by atoms with Gasteiger partial charge < -0.3 is 19.4 Å². The third-order valence-electron chi connectivity index (χ3n) is 3.47. The van der Waals surface area contributed by atoms with Crippen molar-refractivity contribution >= 4 is 5.95 Å². The first-order chi connectivity index (χ1) is 9.23. The molecule has 0 amide bonds. The Morgan fingerprint density at radius 3 is 3.21 bits per heavy atom. The fraction of sp³-hybridized carbons (Fsp3) is 0.786. The molecular weight excluding hydrogens is 242 g/mol. The van der Waals surface area contributed by atoms with Crippen molar-refractivity contribution in [2.24, 2.45) is 0 Å². The minimum absolute atomic E-state index is 0.0392. The van der Waals surface area contributed by atoms with Gasteiger partial charge in [-0.3, -0.25) is 0 Å². The van der Waals surface area contributed by atoms with E-state index in [0.29, 0.717) is 0 Å². The van der Waals surface area contributed by atoms with Crippen molar-refractivity contribution in [2.75, 3.05) is 31.7 Å². The Kier molecular flexibility index (Phi) is 5.22. The van der Waals surface area contributed by atoms with E-state index in [-0.39, 0.29) is 5.60 Å². The molecule has 1 fully saturated rings. The summed E-state index contributed by atoms with van der Waals surface area (Å²) in [6, 6.07) is 0. The summed E-state index contributed by atoms with van der Waals surface area (Å²) in [5, 5.41) is 3.36. The van der Waals surface area contributed by atoms with Crippen molar-refractivity contribution < 1.29 is 9.47 Å². The van der Waals surface area contributed by atoms with Gasteiger partial charge in [-0.15, -0.1) is 0 Å². The first kappa shape index (κ1) is 14.3. The van der Waals surface area contributed by atoms with Crippen LogP contribution < -0.4 is 5.32 Å². The summed E-state index contributed by atoms with van der Waals surface area (Å²) in [6.07, 6.45) is 7.12. The summed E-state index contributed by atoms with van der Waals surface area (Å²) in [4.78, 5) is 4.36. The molecule has 1 saturated heterocycles. The summed E-state index contributed by atoms with van der Waals surface area (Å²) in [6.45, 7) is 8.40. The molecule has 0 spiro atoms. The second-order valence-electron chi connectivity index (χ2n) is 5.26. The van der Waals surface area contributed by atoms with E-state index in [9.17, 15) is 0 Å². The third kappa shape index (κ3) is 4.21. The third-order valence-corrected chi connectivity index (χ3v) is 3.47. The average Bonchev–Trinajstić information content (AvgIpc) is 3.00. The Hall–Kier alpha value is -1.07. The quantitative estimate of drug-likeness (QED) is 0.734. The van der Waals surface area contributed by atoms with Crippen LogP contribution in [0, 0.1) is 0 Å². The van der Waals surface area contributed by atoms with Gasteiger partial charge >= 0.3 is 0 Å². The fourth-order valence-corrected chi connectivity index (χ4v) is 2.44. The molecule has 2 heterocycles. The van der Waals surface area contributed by atoms with E-state index < -0.39 is 0 Å². The predicted molar refractivity (Wildman–Crippen MR) is 75.4 cm³/mol. The fourth-order valence-electron chi connectivity index (χ4n) is 2.44. The first-order valence-electron chi connectivity index (χ1n) is 7.20. The largest absolute Gasteiger partial charge is 0.382 e. The van der Waals surface area contributed by atoms with E-state index in [1.54, 1.807) is 0 Å². The lowest BCUT2D eigenvalue weighted by molar-refractivity contribution is 0.00663. The molecule has 108 valence electrons. The van der Waals surface area contributed by atoms with E-state index in [4.69, 9.17) is 9.47 Å². The SMILES string of the molecule is CCOCCCNc1nccn1CC1(C)CCCO1. The standard InChI is InChI=1S/C14H25N3O2/c1-3-18-10-5-7-15-13-16-8-9-17(13)12-14(2)6-4-11-19-14/h8-9H,3-7,10-12H2,1-2H3,(H,15,16). The zero-order valence-electron chi connectivity index (χ0n) is 12.0. The van der Waals surface area contributed by atoms with Crippen LogP contribution in [0.2, 0.25) is 0 Å². The number of aromatic nitrogens is 2. The van der Waals surface area contributed by atoms with Crippen LogP contribution in [0.25, 0.3) is 0 Å². The Balaban J connectivity index is 1.80. The second-order valence-corrected chi connectivity index (χ2v) is 5.26. The number of nitrogens with one attached hydrogen (secondary N) is 1. The molecule has 1 N–H and O–H groups in total. The maximum absolute atomic E-state index is 5.83. The summed E-state index contributed by atoms with van der Waals surface area (Å²) in [7, 11) is 0. The molecule has 0 radical (unpaired) electrons. The van der Waals surface area contributed by atoms with Crippen LogP contribution in [-0.2, 0) is 16.0 Å². The highest BCUT2D eigenvalue weighted by molar-refractivity contribution is 5.25. The minimum Gasteiger partial charge on any atom is -0.382 e. The highest BCUT2D eigenvalue weighted by atomic mass is 16.5. The number of imidazole rings is 1. The van der Waals surface area contributed by atoms with Gasteiger partial charge in [0, 0.05) is 38.8 Å². The lowest BCUT2D eigenvalue weighted by Gasteiger charge is -2.24. The van der Waals surface area contributed by atoms with Crippen LogP contribution in [0.15, 0.2) is 12.4 Å². The molecule has 1 aromatic rings. The van der Waals surface area contributed by atoms with Crippen molar-refractivity contribution in [1.82, 2.24) is 9.55 Å². The molecular formula is C14H25N3O2.